The summed E-state index contributed by atoms with van der Waals surface area (Å²) in [5.74, 6) is 0.997. The number of rotatable bonds is 5. The molecule has 0 aliphatic carbocycles. The Morgan fingerprint density at radius 3 is 2.52 bits per heavy atom. The van der Waals surface area contributed by atoms with Crippen LogP contribution < -0.4 is 5.32 Å². The zero-order valence-corrected chi connectivity index (χ0v) is 18.0. The Bertz CT molecular complexity index is 990. The van der Waals surface area contributed by atoms with E-state index < -0.39 is 0 Å². The number of hydrogen-bond donors (Lipinski definition) is 1. The van der Waals surface area contributed by atoms with E-state index in [2.05, 4.69) is 47.0 Å². The molecule has 7 heteroatoms. The molecular formula is C22H27N5OS. The largest absolute Gasteiger partial charge is 0.367 e. The van der Waals surface area contributed by atoms with E-state index in [1.54, 1.807) is 17.7 Å². The summed E-state index contributed by atoms with van der Waals surface area (Å²) >= 11 is 1.68. The van der Waals surface area contributed by atoms with Crippen LogP contribution in [0.1, 0.15) is 31.1 Å². The van der Waals surface area contributed by atoms with Crippen molar-refractivity contribution >= 4 is 33.3 Å². The summed E-state index contributed by atoms with van der Waals surface area (Å²) in [4.78, 5) is 27.1. The second-order valence-electron chi connectivity index (χ2n) is 7.65. The summed E-state index contributed by atoms with van der Waals surface area (Å²) in [6, 6.07) is 10.3. The Labute approximate surface area is 175 Å². The Hall–Kier alpha value is -2.51. The fourth-order valence-electron chi connectivity index (χ4n) is 3.60. The van der Waals surface area contributed by atoms with Crippen LogP contribution in [-0.4, -0.2) is 64.4 Å². The van der Waals surface area contributed by atoms with Gasteiger partial charge in [-0.3, -0.25) is 4.79 Å². The Kier molecular flexibility index (Phi) is 5.78. The minimum atomic E-state index is 0.123. The van der Waals surface area contributed by atoms with E-state index >= 15 is 0 Å². The molecule has 1 N–H and O–H groups in total. The summed E-state index contributed by atoms with van der Waals surface area (Å²) < 4.78 is 1.06. The monoisotopic (exact) mass is 409 g/mol. The summed E-state index contributed by atoms with van der Waals surface area (Å²) in [6.07, 6.45) is 1.60. The van der Waals surface area contributed by atoms with Crippen molar-refractivity contribution in [2.75, 3.05) is 38.0 Å². The van der Waals surface area contributed by atoms with Gasteiger partial charge in [-0.2, -0.15) is 0 Å². The number of amides is 1. The van der Waals surface area contributed by atoms with E-state index in [-0.39, 0.29) is 5.91 Å². The van der Waals surface area contributed by atoms with Crippen LogP contribution in [0.4, 0.5) is 5.82 Å². The van der Waals surface area contributed by atoms with Gasteiger partial charge in [0.2, 0.25) is 0 Å². The van der Waals surface area contributed by atoms with Gasteiger partial charge >= 0.3 is 0 Å². The molecule has 152 valence electrons. The molecule has 0 unspecified atom stereocenters. The fourth-order valence-corrected chi connectivity index (χ4v) is 4.67. The van der Waals surface area contributed by atoms with Gasteiger partial charge in [0.15, 0.2) is 0 Å². The van der Waals surface area contributed by atoms with E-state index in [9.17, 15) is 4.79 Å². The molecule has 1 aromatic carbocycles. The average Bonchev–Trinajstić information content (AvgIpc) is 3.18. The van der Waals surface area contributed by atoms with E-state index in [1.165, 1.54) is 0 Å². The van der Waals surface area contributed by atoms with Crippen molar-refractivity contribution in [3.63, 3.8) is 0 Å². The standard InChI is InChI=1S/C22H27N5OS/c1-4-26-9-11-27(12-10-26)22(28)17-7-5-16(6-8-17)19-13-18-20(29-19)21(24-14-23-18)25-15(2)3/h5-8,13-15H,4,9-12H2,1-3H3,(H,23,24,25). The number of anilines is 1. The van der Waals surface area contributed by atoms with Crippen LogP contribution in [0.5, 0.6) is 0 Å². The molecule has 1 aliphatic heterocycles. The first kappa shape index (κ1) is 19.8. The summed E-state index contributed by atoms with van der Waals surface area (Å²) in [5.41, 5.74) is 2.79. The maximum absolute atomic E-state index is 12.8. The van der Waals surface area contributed by atoms with Gasteiger partial charge in [-0.15, -0.1) is 11.3 Å². The lowest BCUT2D eigenvalue weighted by atomic mass is 10.1. The SMILES string of the molecule is CCN1CCN(C(=O)c2ccc(-c3cc4ncnc(NC(C)C)c4s3)cc2)CC1. The molecule has 1 aliphatic rings. The Morgan fingerprint density at radius 1 is 1.14 bits per heavy atom. The van der Waals surface area contributed by atoms with Crippen molar-refractivity contribution in [2.45, 2.75) is 26.8 Å². The number of carbonyl (C=O) groups excluding carboxylic acids is 1. The van der Waals surface area contributed by atoms with Crippen LogP contribution in [-0.2, 0) is 0 Å². The number of benzene rings is 1. The number of carbonyl (C=O) groups is 1. The van der Waals surface area contributed by atoms with Gasteiger partial charge in [0.1, 0.15) is 12.1 Å². The van der Waals surface area contributed by atoms with Gasteiger partial charge in [0.25, 0.3) is 5.91 Å². The number of thiophene rings is 1. The molecule has 3 aromatic rings. The number of nitrogens with zero attached hydrogens (tertiary/aromatic N) is 4. The van der Waals surface area contributed by atoms with Gasteiger partial charge in [-0.1, -0.05) is 19.1 Å². The molecule has 0 bridgehead atoms. The molecule has 1 saturated heterocycles. The molecule has 29 heavy (non-hydrogen) atoms. The van der Waals surface area contributed by atoms with Crippen LogP contribution in [0.3, 0.4) is 0 Å². The van der Waals surface area contributed by atoms with Gasteiger partial charge < -0.3 is 15.1 Å². The lowest BCUT2D eigenvalue weighted by molar-refractivity contribution is 0.0643. The number of hydrogen-bond acceptors (Lipinski definition) is 6. The first-order valence-electron chi connectivity index (χ1n) is 10.2. The van der Waals surface area contributed by atoms with Crippen molar-refractivity contribution in [3.8, 4) is 10.4 Å². The topological polar surface area (TPSA) is 61.4 Å². The Morgan fingerprint density at radius 2 is 1.86 bits per heavy atom. The lowest BCUT2D eigenvalue weighted by Gasteiger charge is -2.34. The summed E-state index contributed by atoms with van der Waals surface area (Å²) in [5, 5.41) is 3.39. The number of likely N-dealkylation sites (N-methyl/N-ethyl adjacent to an activating group) is 1. The predicted molar refractivity (Wildman–Crippen MR) is 120 cm³/mol. The maximum atomic E-state index is 12.8. The lowest BCUT2D eigenvalue weighted by Crippen LogP contribution is -2.48. The van der Waals surface area contributed by atoms with Gasteiger partial charge in [0.05, 0.1) is 10.2 Å². The molecule has 3 heterocycles. The second-order valence-corrected chi connectivity index (χ2v) is 8.70. The molecule has 6 nitrogen and oxygen atoms in total. The van der Waals surface area contributed by atoms with Crippen molar-refractivity contribution in [1.82, 2.24) is 19.8 Å². The molecule has 0 saturated carbocycles. The summed E-state index contributed by atoms with van der Waals surface area (Å²) in [7, 11) is 0. The van der Waals surface area contributed by atoms with Crippen molar-refractivity contribution in [1.29, 1.82) is 0 Å². The fraction of sp³-hybridized carbons (Fsp3) is 0.409. The Balaban J connectivity index is 1.53. The molecule has 1 fully saturated rings. The van der Waals surface area contributed by atoms with Gasteiger partial charge in [-0.05, 0) is 44.2 Å². The van der Waals surface area contributed by atoms with Crippen LogP contribution in [0.15, 0.2) is 36.7 Å². The zero-order chi connectivity index (χ0) is 20.4. The quantitative estimate of drug-likeness (QED) is 0.691. The molecule has 4 rings (SSSR count). The van der Waals surface area contributed by atoms with Crippen LogP contribution in [0.25, 0.3) is 20.7 Å². The highest BCUT2D eigenvalue weighted by Gasteiger charge is 2.21. The third-order valence-corrected chi connectivity index (χ3v) is 6.44. The molecule has 2 aromatic heterocycles. The van der Waals surface area contributed by atoms with Crippen LogP contribution in [0, 0.1) is 0 Å². The van der Waals surface area contributed by atoms with Crippen molar-refractivity contribution < 1.29 is 4.79 Å². The normalized spacial score (nSPS) is 15.2. The average molecular weight is 410 g/mol. The number of nitrogens with one attached hydrogen (secondary N) is 1. The van der Waals surface area contributed by atoms with Crippen molar-refractivity contribution in [2.24, 2.45) is 0 Å². The van der Waals surface area contributed by atoms with E-state index in [0.29, 0.717) is 6.04 Å². The summed E-state index contributed by atoms with van der Waals surface area (Å²) in [6.45, 7) is 10.9. The highest BCUT2D eigenvalue weighted by atomic mass is 32.1. The van der Waals surface area contributed by atoms with E-state index in [0.717, 1.165) is 64.8 Å². The minimum absolute atomic E-state index is 0.123. The molecule has 0 spiro atoms. The van der Waals surface area contributed by atoms with Gasteiger partial charge in [0, 0.05) is 42.7 Å². The van der Waals surface area contributed by atoms with E-state index in [1.807, 2.05) is 29.2 Å². The number of aromatic nitrogens is 2. The smallest absolute Gasteiger partial charge is 0.253 e. The number of fused-ring (bicyclic) bond motifs is 1. The molecular weight excluding hydrogens is 382 g/mol. The minimum Gasteiger partial charge on any atom is -0.367 e. The molecule has 1 amide bonds. The second kappa shape index (κ2) is 8.47. The van der Waals surface area contributed by atoms with Crippen LogP contribution in [0.2, 0.25) is 0 Å². The zero-order valence-electron chi connectivity index (χ0n) is 17.2. The first-order chi connectivity index (χ1) is 14.0. The highest BCUT2D eigenvalue weighted by molar-refractivity contribution is 7.22. The first-order valence-corrected chi connectivity index (χ1v) is 11.0. The third kappa shape index (κ3) is 4.26. The molecule has 0 radical (unpaired) electrons. The third-order valence-electron chi connectivity index (χ3n) is 5.26. The number of piperazine rings is 1. The highest BCUT2D eigenvalue weighted by Crippen LogP contribution is 2.35. The van der Waals surface area contributed by atoms with Crippen molar-refractivity contribution in [3.05, 3.63) is 42.2 Å². The maximum Gasteiger partial charge on any atom is 0.253 e. The predicted octanol–water partition coefficient (Wildman–Crippen LogP) is 3.96. The molecule has 0 atom stereocenters. The van der Waals surface area contributed by atoms with Crippen LogP contribution >= 0.6 is 11.3 Å². The van der Waals surface area contributed by atoms with E-state index in [4.69, 9.17) is 0 Å². The van der Waals surface area contributed by atoms with Gasteiger partial charge in [-0.25, -0.2) is 9.97 Å².